The second-order valence-corrected chi connectivity index (χ2v) is 6.74. The Morgan fingerprint density at radius 2 is 1.95 bits per heavy atom. The molecule has 0 amide bonds. The van der Waals surface area contributed by atoms with Gasteiger partial charge in [-0.15, -0.1) is 0 Å². The molecule has 1 rings (SSSR count). The fourth-order valence-electron chi connectivity index (χ4n) is 1.81. The van der Waals surface area contributed by atoms with Gasteiger partial charge in [-0.2, -0.15) is 0 Å². The molecule has 1 aromatic carbocycles. The van der Waals surface area contributed by atoms with E-state index in [-0.39, 0.29) is 23.0 Å². The fourth-order valence-corrected chi connectivity index (χ4v) is 3.38. The van der Waals surface area contributed by atoms with Crippen molar-refractivity contribution in [3.8, 4) is 0 Å². The number of hydrogen-bond donors (Lipinski definition) is 2. The molecule has 0 aliphatic heterocycles. The van der Waals surface area contributed by atoms with Crippen molar-refractivity contribution in [2.45, 2.75) is 38.2 Å². The maximum atomic E-state index is 14.0. The Balaban J connectivity index is 3.06. The first-order valence-corrected chi connectivity index (χ1v) is 8.30. The van der Waals surface area contributed by atoms with E-state index in [1.165, 1.54) is 6.07 Å². The zero-order valence-electron chi connectivity index (χ0n) is 11.5. The lowest BCUT2D eigenvalue weighted by Gasteiger charge is -2.15. The summed E-state index contributed by atoms with van der Waals surface area (Å²) in [5.74, 6) is -0.765. The largest absolute Gasteiger partial charge is 0.392 e. The number of halogens is 2. The van der Waals surface area contributed by atoms with Gasteiger partial charge in [0.2, 0.25) is 10.0 Å². The third-order valence-corrected chi connectivity index (χ3v) is 4.90. The first kappa shape index (κ1) is 17.4. The molecule has 20 heavy (non-hydrogen) atoms. The van der Waals surface area contributed by atoms with Crippen molar-refractivity contribution in [2.75, 3.05) is 6.54 Å². The maximum absolute atomic E-state index is 14.0. The van der Waals surface area contributed by atoms with Crippen molar-refractivity contribution in [3.63, 3.8) is 0 Å². The van der Waals surface area contributed by atoms with E-state index < -0.39 is 27.3 Å². The SMILES string of the molecule is CCC(CC)CNS(=O)(=O)c1cc(Cl)cc(CO)c1F. The second-order valence-electron chi connectivity index (χ2n) is 4.57. The van der Waals surface area contributed by atoms with E-state index in [4.69, 9.17) is 16.7 Å². The number of rotatable bonds is 7. The predicted octanol–water partition coefficient (Wildman–Crippen LogP) is 2.69. The minimum absolute atomic E-state index is 0.0679. The molecule has 0 bridgehead atoms. The standard InChI is InChI=1S/C13H19ClFNO3S/c1-3-9(4-2)7-16-20(18,19)12-6-11(14)5-10(8-17)13(12)15/h5-6,9,16-17H,3-4,7-8H2,1-2H3. The van der Waals surface area contributed by atoms with Gasteiger partial charge in [-0.3, -0.25) is 0 Å². The summed E-state index contributed by atoms with van der Waals surface area (Å²) >= 11 is 5.75. The third kappa shape index (κ3) is 4.15. The van der Waals surface area contributed by atoms with Gasteiger partial charge >= 0.3 is 0 Å². The van der Waals surface area contributed by atoms with Crippen molar-refractivity contribution in [1.29, 1.82) is 0 Å². The number of nitrogens with one attached hydrogen (secondary N) is 1. The van der Waals surface area contributed by atoms with Crippen LogP contribution in [0.2, 0.25) is 5.02 Å². The Labute approximate surface area is 124 Å². The van der Waals surface area contributed by atoms with Crippen LogP contribution < -0.4 is 4.72 Å². The highest BCUT2D eigenvalue weighted by atomic mass is 35.5. The zero-order chi connectivity index (χ0) is 15.3. The molecule has 0 aliphatic carbocycles. The summed E-state index contributed by atoms with van der Waals surface area (Å²) in [5.41, 5.74) is -0.139. The topological polar surface area (TPSA) is 66.4 Å². The van der Waals surface area contributed by atoms with Crippen LogP contribution in [0.1, 0.15) is 32.3 Å². The average molecular weight is 324 g/mol. The highest BCUT2D eigenvalue weighted by Crippen LogP contribution is 2.24. The molecule has 4 nitrogen and oxygen atoms in total. The van der Waals surface area contributed by atoms with Crippen LogP contribution in [0.5, 0.6) is 0 Å². The van der Waals surface area contributed by atoms with Crippen LogP contribution in [-0.4, -0.2) is 20.1 Å². The summed E-state index contributed by atoms with van der Waals surface area (Å²) in [6.07, 6.45) is 1.66. The van der Waals surface area contributed by atoms with Gasteiger partial charge in [-0.05, 0) is 18.1 Å². The molecule has 0 saturated heterocycles. The Bertz CT molecular complexity index is 559. The van der Waals surface area contributed by atoms with E-state index in [0.717, 1.165) is 18.9 Å². The molecule has 0 aliphatic rings. The lowest BCUT2D eigenvalue weighted by atomic mass is 10.0. The Kier molecular flexibility index (Phi) is 6.39. The molecule has 0 heterocycles. The molecule has 1 aromatic rings. The number of sulfonamides is 1. The van der Waals surface area contributed by atoms with Crippen LogP contribution >= 0.6 is 11.6 Å². The number of aliphatic hydroxyl groups is 1. The van der Waals surface area contributed by atoms with Gasteiger partial charge in [0.15, 0.2) is 0 Å². The molecule has 0 radical (unpaired) electrons. The summed E-state index contributed by atoms with van der Waals surface area (Å²) in [7, 11) is -3.98. The van der Waals surface area contributed by atoms with Crippen LogP contribution in [-0.2, 0) is 16.6 Å². The van der Waals surface area contributed by atoms with E-state index in [1.807, 2.05) is 13.8 Å². The number of benzene rings is 1. The highest BCUT2D eigenvalue weighted by molar-refractivity contribution is 7.89. The Morgan fingerprint density at radius 1 is 1.35 bits per heavy atom. The Morgan fingerprint density at radius 3 is 2.45 bits per heavy atom. The van der Waals surface area contributed by atoms with E-state index in [0.29, 0.717) is 0 Å². The van der Waals surface area contributed by atoms with Gasteiger partial charge in [-0.25, -0.2) is 17.5 Å². The monoisotopic (exact) mass is 323 g/mol. The van der Waals surface area contributed by atoms with Crippen LogP contribution in [0.3, 0.4) is 0 Å². The number of aliphatic hydroxyl groups excluding tert-OH is 1. The van der Waals surface area contributed by atoms with Crippen LogP contribution in [0, 0.1) is 11.7 Å². The minimum atomic E-state index is -3.98. The average Bonchev–Trinajstić information content (AvgIpc) is 2.41. The summed E-state index contributed by atoms with van der Waals surface area (Å²) < 4.78 is 40.6. The molecule has 0 saturated carbocycles. The molecule has 114 valence electrons. The van der Waals surface area contributed by atoms with E-state index in [2.05, 4.69) is 4.72 Å². The van der Waals surface area contributed by atoms with Gasteiger partial charge in [0, 0.05) is 17.1 Å². The molecular formula is C13H19ClFNO3S. The van der Waals surface area contributed by atoms with Gasteiger partial charge in [0.1, 0.15) is 10.7 Å². The van der Waals surface area contributed by atoms with Crippen molar-refractivity contribution in [3.05, 3.63) is 28.5 Å². The Hall–Kier alpha value is -0.690. The molecule has 0 atom stereocenters. The third-order valence-electron chi connectivity index (χ3n) is 3.26. The molecule has 2 N–H and O–H groups in total. The molecular weight excluding hydrogens is 305 g/mol. The summed E-state index contributed by atoms with van der Waals surface area (Å²) in [5, 5.41) is 9.08. The first-order valence-electron chi connectivity index (χ1n) is 6.44. The molecule has 0 unspecified atom stereocenters. The molecule has 0 spiro atoms. The van der Waals surface area contributed by atoms with Crippen LogP contribution in [0.4, 0.5) is 4.39 Å². The molecule has 0 aromatic heterocycles. The van der Waals surface area contributed by atoms with E-state index in [1.54, 1.807) is 0 Å². The quantitative estimate of drug-likeness (QED) is 0.810. The lowest BCUT2D eigenvalue weighted by Crippen LogP contribution is -2.30. The fraction of sp³-hybridized carbons (Fsp3) is 0.538. The van der Waals surface area contributed by atoms with Crippen LogP contribution in [0.15, 0.2) is 17.0 Å². The van der Waals surface area contributed by atoms with Crippen molar-refractivity contribution in [1.82, 2.24) is 4.72 Å². The summed E-state index contributed by atoms with van der Waals surface area (Å²) in [6, 6.07) is 2.25. The second kappa shape index (κ2) is 7.36. The smallest absolute Gasteiger partial charge is 0.243 e. The van der Waals surface area contributed by atoms with Crippen molar-refractivity contribution in [2.24, 2.45) is 5.92 Å². The minimum Gasteiger partial charge on any atom is -0.392 e. The highest BCUT2D eigenvalue weighted by Gasteiger charge is 2.22. The summed E-state index contributed by atoms with van der Waals surface area (Å²) in [6.45, 7) is 3.57. The summed E-state index contributed by atoms with van der Waals surface area (Å²) in [4.78, 5) is -0.528. The van der Waals surface area contributed by atoms with Crippen molar-refractivity contribution >= 4 is 21.6 Å². The van der Waals surface area contributed by atoms with Gasteiger partial charge in [-0.1, -0.05) is 38.3 Å². The number of hydrogen-bond acceptors (Lipinski definition) is 3. The van der Waals surface area contributed by atoms with Crippen molar-refractivity contribution < 1.29 is 17.9 Å². The zero-order valence-corrected chi connectivity index (χ0v) is 13.1. The van der Waals surface area contributed by atoms with E-state index >= 15 is 0 Å². The van der Waals surface area contributed by atoms with Gasteiger partial charge in [0.05, 0.1) is 6.61 Å². The van der Waals surface area contributed by atoms with Gasteiger partial charge < -0.3 is 5.11 Å². The molecule has 7 heteroatoms. The maximum Gasteiger partial charge on any atom is 0.243 e. The van der Waals surface area contributed by atoms with E-state index in [9.17, 15) is 12.8 Å². The first-order chi connectivity index (χ1) is 9.35. The van der Waals surface area contributed by atoms with Gasteiger partial charge in [0.25, 0.3) is 0 Å². The molecule has 0 fully saturated rings. The lowest BCUT2D eigenvalue weighted by molar-refractivity contribution is 0.274. The predicted molar refractivity (Wildman–Crippen MR) is 76.6 cm³/mol. The van der Waals surface area contributed by atoms with Crippen LogP contribution in [0.25, 0.3) is 0 Å². The normalized spacial score (nSPS) is 12.1.